The molecule has 3 nitrogen and oxygen atoms in total. The quantitative estimate of drug-likeness (QED) is 0.547. The summed E-state index contributed by atoms with van der Waals surface area (Å²) in [6.45, 7) is 0. The Kier molecular flexibility index (Phi) is 14.3. The Morgan fingerprint density at radius 3 is 1.11 bits per heavy atom. The summed E-state index contributed by atoms with van der Waals surface area (Å²) in [5.41, 5.74) is 0. The van der Waals surface area contributed by atoms with Gasteiger partial charge in [-0.05, 0) is 0 Å². The van der Waals surface area contributed by atoms with E-state index in [1.165, 1.54) is 0 Å². The molecule has 0 aromatic rings. The van der Waals surface area contributed by atoms with Gasteiger partial charge in [-0.2, -0.15) is 0 Å². The van der Waals surface area contributed by atoms with E-state index in [1.54, 1.807) is 21.3 Å². The lowest BCUT2D eigenvalue weighted by atomic mass is 11.8. The van der Waals surface area contributed by atoms with Gasteiger partial charge in [0, 0.05) is 21.3 Å². The second-order valence-electron chi connectivity index (χ2n) is 0.996. The van der Waals surface area contributed by atoms with E-state index in [9.17, 15) is 4.39 Å². The Hall–Kier alpha value is 0.0269. The molecule has 0 N–H and O–H groups in total. The van der Waals surface area contributed by atoms with Crippen molar-refractivity contribution in [2.75, 3.05) is 28.5 Å². The van der Waals surface area contributed by atoms with Crippen LogP contribution in [0.15, 0.2) is 0 Å². The molecule has 58 valence electrons. The van der Waals surface area contributed by atoms with Crippen molar-refractivity contribution in [3.05, 3.63) is 0 Å². The molecule has 0 aliphatic rings. The van der Waals surface area contributed by atoms with Crippen LogP contribution in [0.1, 0.15) is 0 Å². The van der Waals surface area contributed by atoms with E-state index >= 15 is 0 Å². The van der Waals surface area contributed by atoms with E-state index < -0.39 is 9.53 Å². The molecule has 0 saturated heterocycles. The van der Waals surface area contributed by atoms with Crippen molar-refractivity contribution in [2.24, 2.45) is 0 Å². The van der Waals surface area contributed by atoms with E-state index in [0.717, 1.165) is 0 Å². The van der Waals surface area contributed by atoms with Crippen molar-refractivity contribution >= 4 is 9.53 Å². The number of hydrogen-bond donors (Lipinski definition) is 0. The molecule has 0 radical (unpaired) electrons. The first-order valence-corrected chi connectivity index (χ1v) is 3.72. The molecule has 0 amide bonds. The SMILES string of the molecule is CF.CO[SiH](OC)OC. The lowest BCUT2D eigenvalue weighted by Gasteiger charge is -2.05. The van der Waals surface area contributed by atoms with E-state index in [4.69, 9.17) is 13.3 Å². The molecule has 0 spiro atoms. The minimum absolute atomic E-state index is 0.500. The van der Waals surface area contributed by atoms with Crippen LogP contribution in [-0.2, 0) is 13.3 Å². The minimum Gasteiger partial charge on any atom is -0.379 e. The Morgan fingerprint density at radius 1 is 0.889 bits per heavy atom. The molecule has 0 heterocycles. The lowest BCUT2D eigenvalue weighted by molar-refractivity contribution is 0.163. The van der Waals surface area contributed by atoms with Gasteiger partial charge < -0.3 is 13.3 Å². The van der Waals surface area contributed by atoms with Crippen molar-refractivity contribution in [1.29, 1.82) is 0 Å². The maximum absolute atomic E-state index is 9.50. The molecular weight excluding hydrogens is 143 g/mol. The van der Waals surface area contributed by atoms with Crippen LogP contribution in [0.5, 0.6) is 0 Å². The van der Waals surface area contributed by atoms with Crippen molar-refractivity contribution < 1.29 is 17.7 Å². The first-order valence-electron chi connectivity index (χ1n) is 2.31. The van der Waals surface area contributed by atoms with Crippen LogP contribution >= 0.6 is 0 Å². The summed E-state index contributed by atoms with van der Waals surface area (Å²) in [6.07, 6.45) is 0. The predicted octanol–water partition coefficient (Wildman–Crippen LogP) is 0.228. The summed E-state index contributed by atoms with van der Waals surface area (Å²) >= 11 is 0. The Morgan fingerprint density at radius 2 is 1.11 bits per heavy atom. The van der Waals surface area contributed by atoms with Crippen LogP contribution < -0.4 is 0 Å². The van der Waals surface area contributed by atoms with E-state index in [-0.39, 0.29) is 0 Å². The fourth-order valence-electron chi connectivity index (χ4n) is 0.289. The lowest BCUT2D eigenvalue weighted by Crippen LogP contribution is -2.21. The predicted molar refractivity (Wildman–Crippen MR) is 35.2 cm³/mol. The first kappa shape index (κ1) is 11.8. The van der Waals surface area contributed by atoms with Crippen molar-refractivity contribution in [2.45, 2.75) is 0 Å². The van der Waals surface area contributed by atoms with Crippen molar-refractivity contribution in [3.8, 4) is 0 Å². The van der Waals surface area contributed by atoms with Gasteiger partial charge in [-0.15, -0.1) is 0 Å². The van der Waals surface area contributed by atoms with Crippen molar-refractivity contribution in [3.63, 3.8) is 0 Å². The molecule has 0 aromatic carbocycles. The highest BCUT2D eigenvalue weighted by Gasteiger charge is 2.04. The summed E-state index contributed by atoms with van der Waals surface area (Å²) in [5, 5.41) is 0. The van der Waals surface area contributed by atoms with Gasteiger partial charge in [-0.25, -0.2) is 0 Å². The highest BCUT2D eigenvalue weighted by molar-refractivity contribution is 6.36. The molecule has 0 atom stereocenters. The summed E-state index contributed by atoms with van der Waals surface area (Å²) in [6, 6.07) is 0. The largest absolute Gasteiger partial charge is 0.483 e. The smallest absolute Gasteiger partial charge is 0.379 e. The van der Waals surface area contributed by atoms with Gasteiger partial charge in [-0.3, -0.25) is 4.39 Å². The normalized spacial score (nSPS) is 8.67. The zero-order valence-corrected chi connectivity index (χ0v) is 7.33. The average Bonchev–Trinajstić information content (AvgIpc) is 1.96. The number of rotatable bonds is 3. The van der Waals surface area contributed by atoms with Crippen LogP contribution in [0, 0.1) is 0 Å². The van der Waals surface area contributed by atoms with E-state index in [0.29, 0.717) is 7.18 Å². The van der Waals surface area contributed by atoms with Gasteiger partial charge in [0.2, 0.25) is 0 Å². The van der Waals surface area contributed by atoms with Crippen LogP contribution in [0.2, 0.25) is 0 Å². The van der Waals surface area contributed by atoms with E-state index in [2.05, 4.69) is 0 Å². The first-order chi connectivity index (χ1) is 4.35. The van der Waals surface area contributed by atoms with Gasteiger partial charge in [0.15, 0.2) is 0 Å². The molecule has 0 unspecified atom stereocenters. The molecule has 5 heteroatoms. The van der Waals surface area contributed by atoms with Crippen LogP contribution in [0.3, 0.4) is 0 Å². The monoisotopic (exact) mass is 156 g/mol. The highest BCUT2D eigenvalue weighted by atomic mass is 28.3. The van der Waals surface area contributed by atoms with Crippen LogP contribution in [0.25, 0.3) is 0 Å². The number of hydrogen-bond acceptors (Lipinski definition) is 3. The second-order valence-corrected chi connectivity index (χ2v) is 2.99. The topological polar surface area (TPSA) is 27.7 Å². The third kappa shape index (κ3) is 8.03. The number of alkyl halides is 1. The molecule has 0 bridgehead atoms. The Balaban J connectivity index is 0. The molecule has 0 aromatic heterocycles. The van der Waals surface area contributed by atoms with Gasteiger partial charge in [-0.1, -0.05) is 0 Å². The Labute approximate surface area is 56.7 Å². The molecular formula is C4H13FO3Si. The summed E-state index contributed by atoms with van der Waals surface area (Å²) < 4.78 is 23.7. The third-order valence-corrected chi connectivity index (χ3v) is 1.73. The van der Waals surface area contributed by atoms with Crippen LogP contribution in [0.4, 0.5) is 4.39 Å². The molecule has 9 heavy (non-hydrogen) atoms. The molecule has 0 aliphatic carbocycles. The molecule has 0 rings (SSSR count). The highest BCUT2D eigenvalue weighted by Crippen LogP contribution is 1.81. The third-order valence-electron chi connectivity index (χ3n) is 0.577. The zero-order valence-electron chi connectivity index (χ0n) is 6.18. The zero-order chi connectivity index (χ0) is 7.70. The average molecular weight is 156 g/mol. The fourth-order valence-corrected chi connectivity index (χ4v) is 0.866. The standard InChI is InChI=1S/C3H10O3Si.CH3F/c1-4-7(5-2)6-3;1-2/h7H,1-3H3;1H3. The van der Waals surface area contributed by atoms with Gasteiger partial charge in [0.25, 0.3) is 0 Å². The minimum atomic E-state index is -1.67. The van der Waals surface area contributed by atoms with Gasteiger partial charge >= 0.3 is 9.53 Å². The Bertz CT molecular complexity index is 37.3. The van der Waals surface area contributed by atoms with Gasteiger partial charge in [0.1, 0.15) is 0 Å². The van der Waals surface area contributed by atoms with Crippen molar-refractivity contribution in [1.82, 2.24) is 0 Å². The van der Waals surface area contributed by atoms with Crippen LogP contribution in [-0.4, -0.2) is 38.0 Å². The second kappa shape index (κ2) is 10.9. The maximum atomic E-state index is 9.50. The molecule has 0 aliphatic heterocycles. The summed E-state index contributed by atoms with van der Waals surface area (Å²) in [7, 11) is 3.55. The molecule has 0 saturated carbocycles. The summed E-state index contributed by atoms with van der Waals surface area (Å²) in [4.78, 5) is 0. The maximum Gasteiger partial charge on any atom is 0.483 e. The number of halogens is 1. The molecule has 0 fully saturated rings. The summed E-state index contributed by atoms with van der Waals surface area (Å²) in [5.74, 6) is 0. The fraction of sp³-hybridized carbons (Fsp3) is 1.00. The van der Waals surface area contributed by atoms with Gasteiger partial charge in [0.05, 0.1) is 7.18 Å². The van der Waals surface area contributed by atoms with E-state index in [1.807, 2.05) is 0 Å².